The van der Waals surface area contributed by atoms with E-state index in [1.807, 2.05) is 0 Å². The Balaban J connectivity index is 3.15. The standard InChI is InChI=1S/C10H14N2O5S/c1-10(2,9(14)17-3)12-18(15,16)8-6-11-5-4-7(8)13/h4-6,12H,1-3H3,(H,11,13). The molecule has 1 heterocycles. The second-order valence-electron chi connectivity index (χ2n) is 4.09. The number of ether oxygens (including phenoxy) is 1. The number of esters is 1. The van der Waals surface area contributed by atoms with Crippen LogP contribution in [0.5, 0.6) is 0 Å². The van der Waals surface area contributed by atoms with Gasteiger partial charge >= 0.3 is 5.97 Å². The third kappa shape index (κ3) is 2.96. The Labute approximate surface area is 104 Å². The zero-order valence-electron chi connectivity index (χ0n) is 10.2. The molecular weight excluding hydrogens is 260 g/mol. The van der Waals surface area contributed by atoms with Crippen LogP contribution in [0.25, 0.3) is 0 Å². The highest BCUT2D eigenvalue weighted by Gasteiger charge is 2.35. The number of sulfonamides is 1. The molecule has 7 nitrogen and oxygen atoms in total. The summed E-state index contributed by atoms with van der Waals surface area (Å²) < 4.78 is 30.5. The molecule has 0 saturated carbocycles. The summed E-state index contributed by atoms with van der Waals surface area (Å²) >= 11 is 0. The van der Waals surface area contributed by atoms with Crippen molar-refractivity contribution >= 4 is 16.0 Å². The van der Waals surface area contributed by atoms with Crippen molar-refractivity contribution in [2.45, 2.75) is 24.3 Å². The third-order valence-electron chi connectivity index (χ3n) is 2.16. The molecule has 18 heavy (non-hydrogen) atoms. The van der Waals surface area contributed by atoms with Gasteiger partial charge in [-0.25, -0.2) is 8.42 Å². The van der Waals surface area contributed by atoms with Crippen LogP contribution in [0.4, 0.5) is 0 Å². The Bertz CT molecular complexity index is 603. The predicted molar refractivity (Wildman–Crippen MR) is 63.5 cm³/mol. The van der Waals surface area contributed by atoms with Crippen LogP contribution < -0.4 is 10.2 Å². The van der Waals surface area contributed by atoms with Crippen molar-refractivity contribution in [3.8, 4) is 0 Å². The van der Waals surface area contributed by atoms with Gasteiger partial charge in [0.25, 0.3) is 0 Å². The van der Waals surface area contributed by atoms with Gasteiger partial charge in [0.1, 0.15) is 10.4 Å². The highest BCUT2D eigenvalue weighted by molar-refractivity contribution is 7.89. The number of carbonyl (C=O) groups is 1. The molecule has 0 aliphatic carbocycles. The number of nitrogens with one attached hydrogen (secondary N) is 2. The lowest BCUT2D eigenvalue weighted by atomic mass is 10.1. The van der Waals surface area contributed by atoms with Crippen molar-refractivity contribution in [3.05, 3.63) is 28.7 Å². The lowest BCUT2D eigenvalue weighted by Crippen LogP contribution is -2.50. The molecule has 0 aliphatic heterocycles. The minimum atomic E-state index is -4.10. The molecule has 0 unspecified atom stereocenters. The molecule has 0 atom stereocenters. The molecule has 0 aromatic carbocycles. The van der Waals surface area contributed by atoms with E-state index in [9.17, 15) is 18.0 Å². The van der Waals surface area contributed by atoms with Gasteiger partial charge in [0.15, 0.2) is 0 Å². The van der Waals surface area contributed by atoms with Gasteiger partial charge in [-0.3, -0.25) is 9.59 Å². The van der Waals surface area contributed by atoms with Crippen molar-refractivity contribution < 1.29 is 17.9 Å². The highest BCUT2D eigenvalue weighted by Crippen LogP contribution is 2.10. The summed E-state index contributed by atoms with van der Waals surface area (Å²) in [6, 6.07) is 1.08. The van der Waals surface area contributed by atoms with Gasteiger partial charge < -0.3 is 9.72 Å². The number of aromatic nitrogens is 1. The van der Waals surface area contributed by atoms with Crippen LogP contribution in [0.2, 0.25) is 0 Å². The summed E-state index contributed by atoms with van der Waals surface area (Å²) in [5.74, 6) is -0.751. The summed E-state index contributed by atoms with van der Waals surface area (Å²) in [4.78, 5) is 24.9. The molecule has 8 heteroatoms. The number of aromatic amines is 1. The summed E-state index contributed by atoms with van der Waals surface area (Å²) in [6.07, 6.45) is 2.37. The van der Waals surface area contributed by atoms with E-state index >= 15 is 0 Å². The van der Waals surface area contributed by atoms with E-state index in [-0.39, 0.29) is 0 Å². The quantitative estimate of drug-likeness (QED) is 0.727. The Morgan fingerprint density at radius 2 is 2.06 bits per heavy atom. The number of H-pyrrole nitrogens is 1. The average Bonchev–Trinajstić information content (AvgIpc) is 2.26. The first kappa shape index (κ1) is 14.4. The van der Waals surface area contributed by atoms with E-state index in [1.54, 1.807) is 0 Å². The molecule has 0 saturated heterocycles. The smallest absolute Gasteiger partial charge is 0.326 e. The zero-order chi connectivity index (χ0) is 14.0. The fourth-order valence-corrected chi connectivity index (χ4v) is 2.72. The fourth-order valence-electron chi connectivity index (χ4n) is 1.30. The second-order valence-corrected chi connectivity index (χ2v) is 5.75. The van der Waals surface area contributed by atoms with Crippen LogP contribution in [0, 0.1) is 0 Å². The summed E-state index contributed by atoms with van der Waals surface area (Å²) in [5.41, 5.74) is -2.13. The molecule has 2 N–H and O–H groups in total. The molecular formula is C10H14N2O5S. The number of rotatable bonds is 4. The van der Waals surface area contributed by atoms with Gasteiger partial charge in [-0.1, -0.05) is 0 Å². The largest absolute Gasteiger partial charge is 0.468 e. The first-order valence-corrected chi connectivity index (χ1v) is 6.48. The Morgan fingerprint density at radius 3 is 2.56 bits per heavy atom. The highest BCUT2D eigenvalue weighted by atomic mass is 32.2. The summed E-state index contributed by atoms with van der Waals surface area (Å²) in [6.45, 7) is 2.68. The molecule has 1 aromatic rings. The maximum absolute atomic E-state index is 12.0. The van der Waals surface area contributed by atoms with Gasteiger partial charge in [0.2, 0.25) is 15.5 Å². The van der Waals surface area contributed by atoms with Gasteiger partial charge in [0.05, 0.1) is 7.11 Å². The number of hydrogen-bond acceptors (Lipinski definition) is 5. The summed E-state index contributed by atoms with van der Waals surface area (Å²) in [5, 5.41) is 0. The normalized spacial score (nSPS) is 12.2. The fraction of sp³-hybridized carbons (Fsp3) is 0.400. The van der Waals surface area contributed by atoms with Crippen molar-refractivity contribution in [3.63, 3.8) is 0 Å². The van der Waals surface area contributed by atoms with Crippen LogP contribution in [0.1, 0.15) is 13.8 Å². The predicted octanol–water partition coefficient (Wildman–Crippen LogP) is -0.395. The lowest BCUT2D eigenvalue weighted by Gasteiger charge is -2.22. The minimum absolute atomic E-state index is 0.457. The molecule has 0 spiro atoms. The van der Waals surface area contributed by atoms with Gasteiger partial charge in [-0.05, 0) is 13.8 Å². The Hall–Kier alpha value is -1.67. The van der Waals surface area contributed by atoms with E-state index in [2.05, 4.69) is 14.4 Å². The average molecular weight is 274 g/mol. The Morgan fingerprint density at radius 1 is 1.44 bits per heavy atom. The number of carbonyl (C=O) groups excluding carboxylic acids is 1. The number of pyridine rings is 1. The van der Waals surface area contributed by atoms with E-state index in [0.717, 1.165) is 19.4 Å². The molecule has 0 amide bonds. The molecule has 0 aliphatic rings. The van der Waals surface area contributed by atoms with Crippen LogP contribution in [-0.4, -0.2) is 32.0 Å². The van der Waals surface area contributed by atoms with E-state index in [0.29, 0.717) is 0 Å². The van der Waals surface area contributed by atoms with E-state index < -0.39 is 31.9 Å². The molecule has 0 fully saturated rings. The molecule has 1 rings (SSSR count). The van der Waals surface area contributed by atoms with Crippen molar-refractivity contribution in [1.82, 2.24) is 9.71 Å². The lowest BCUT2D eigenvalue weighted by molar-refractivity contribution is -0.146. The van der Waals surface area contributed by atoms with Crippen molar-refractivity contribution in [1.29, 1.82) is 0 Å². The van der Waals surface area contributed by atoms with Crippen molar-refractivity contribution in [2.75, 3.05) is 7.11 Å². The van der Waals surface area contributed by atoms with Gasteiger partial charge in [0, 0.05) is 18.5 Å². The topological polar surface area (TPSA) is 105 Å². The van der Waals surface area contributed by atoms with Gasteiger partial charge in [-0.2, -0.15) is 4.72 Å². The Kier molecular flexibility index (Phi) is 3.92. The SMILES string of the molecule is COC(=O)C(C)(C)NS(=O)(=O)c1c[nH]ccc1=O. The first-order valence-electron chi connectivity index (χ1n) is 5.00. The van der Waals surface area contributed by atoms with Crippen LogP contribution >= 0.6 is 0 Å². The first-order chi connectivity index (χ1) is 8.20. The molecule has 0 radical (unpaired) electrons. The maximum Gasteiger partial charge on any atom is 0.326 e. The number of methoxy groups -OCH3 is 1. The van der Waals surface area contributed by atoms with E-state index in [1.165, 1.54) is 20.0 Å². The second kappa shape index (κ2) is 4.91. The monoisotopic (exact) mass is 274 g/mol. The maximum atomic E-state index is 12.0. The van der Waals surface area contributed by atoms with Crippen LogP contribution in [0.3, 0.4) is 0 Å². The van der Waals surface area contributed by atoms with Gasteiger partial charge in [-0.15, -0.1) is 0 Å². The number of hydrogen-bond donors (Lipinski definition) is 2. The molecule has 1 aromatic heterocycles. The van der Waals surface area contributed by atoms with Crippen LogP contribution in [-0.2, 0) is 19.6 Å². The van der Waals surface area contributed by atoms with Crippen molar-refractivity contribution in [2.24, 2.45) is 0 Å². The minimum Gasteiger partial charge on any atom is -0.468 e. The van der Waals surface area contributed by atoms with Crippen LogP contribution in [0.15, 0.2) is 28.2 Å². The molecule has 100 valence electrons. The molecule has 0 bridgehead atoms. The van der Waals surface area contributed by atoms with E-state index in [4.69, 9.17) is 0 Å². The third-order valence-corrected chi connectivity index (χ3v) is 3.84. The zero-order valence-corrected chi connectivity index (χ0v) is 11.0. The summed E-state index contributed by atoms with van der Waals surface area (Å²) in [7, 11) is -2.95.